The fraction of sp³-hybridized carbons (Fsp3) is 0.450. The van der Waals surface area contributed by atoms with Gasteiger partial charge in [-0.3, -0.25) is 9.78 Å². The average Bonchev–Trinajstić information content (AvgIpc) is 3.18. The quantitative estimate of drug-likeness (QED) is 0.808. The summed E-state index contributed by atoms with van der Waals surface area (Å²) < 4.78 is 5.42. The van der Waals surface area contributed by atoms with Gasteiger partial charge >= 0.3 is 5.97 Å². The lowest BCUT2D eigenvalue weighted by atomic mass is 9.90. The number of fused-ring (bicyclic) bond motifs is 2. The Morgan fingerprint density at radius 2 is 1.80 bits per heavy atom. The van der Waals surface area contributed by atoms with Gasteiger partial charge in [-0.15, -0.1) is 0 Å². The molecule has 1 aromatic heterocycles. The van der Waals surface area contributed by atoms with Crippen LogP contribution < -0.4 is 0 Å². The zero-order valence-corrected chi connectivity index (χ0v) is 14.3. The topological polar surface area (TPSA) is 59.5 Å². The highest BCUT2D eigenvalue weighted by Crippen LogP contribution is 2.29. The molecule has 0 atom stereocenters. The minimum atomic E-state index is -0.399. The van der Waals surface area contributed by atoms with E-state index in [2.05, 4.69) is 0 Å². The van der Waals surface area contributed by atoms with Crippen molar-refractivity contribution < 1.29 is 14.3 Å². The van der Waals surface area contributed by atoms with E-state index in [1.807, 2.05) is 24.3 Å². The number of carbonyl (C=O) groups excluding carboxylic acids is 2. The zero-order chi connectivity index (χ0) is 17.2. The molecule has 5 heteroatoms. The molecule has 4 rings (SSSR count). The van der Waals surface area contributed by atoms with Crippen LogP contribution in [0.15, 0.2) is 24.3 Å². The van der Waals surface area contributed by atoms with Gasteiger partial charge in [0.05, 0.1) is 11.1 Å². The number of para-hydroxylation sites is 1. The third-order valence-electron chi connectivity index (χ3n) is 5.16. The predicted molar refractivity (Wildman–Crippen MR) is 94.5 cm³/mol. The number of carbonyl (C=O) groups is 2. The minimum absolute atomic E-state index is 0.0990. The molecule has 1 aromatic carbocycles. The first-order valence-corrected chi connectivity index (χ1v) is 9.09. The number of benzene rings is 1. The van der Waals surface area contributed by atoms with Gasteiger partial charge in [-0.05, 0) is 50.2 Å². The number of nitrogens with zero attached hydrogens (tertiary/aromatic N) is 2. The Kier molecular flexibility index (Phi) is 4.38. The van der Waals surface area contributed by atoms with Crippen molar-refractivity contribution in [1.29, 1.82) is 0 Å². The van der Waals surface area contributed by atoms with Gasteiger partial charge in [-0.25, -0.2) is 4.79 Å². The number of likely N-dealkylation sites (tertiary alicyclic amines) is 1. The van der Waals surface area contributed by atoms with Gasteiger partial charge in [0.1, 0.15) is 0 Å². The molecule has 1 aliphatic heterocycles. The Hall–Kier alpha value is -2.43. The van der Waals surface area contributed by atoms with Gasteiger partial charge in [-0.2, -0.15) is 0 Å². The van der Waals surface area contributed by atoms with E-state index in [0.717, 1.165) is 73.8 Å². The van der Waals surface area contributed by atoms with Crippen LogP contribution in [0, 0.1) is 0 Å². The standard InChI is InChI=1S/C20H22N2O3/c23-18(22-11-5-6-12-22)13-25-20(24)19-14-7-1-3-9-16(14)21-17-10-4-2-8-15(17)19/h1,3,7,9H,2,4-6,8,10-13H2. The van der Waals surface area contributed by atoms with Crippen LogP contribution in [0.2, 0.25) is 0 Å². The van der Waals surface area contributed by atoms with Crippen molar-refractivity contribution in [2.24, 2.45) is 0 Å². The fourth-order valence-electron chi connectivity index (χ4n) is 3.86. The largest absolute Gasteiger partial charge is 0.452 e. The van der Waals surface area contributed by atoms with Crippen LogP contribution in [0.4, 0.5) is 0 Å². The van der Waals surface area contributed by atoms with E-state index in [1.54, 1.807) is 4.90 Å². The molecular weight excluding hydrogens is 316 g/mol. The van der Waals surface area contributed by atoms with Crippen molar-refractivity contribution in [2.45, 2.75) is 38.5 Å². The summed E-state index contributed by atoms with van der Waals surface area (Å²) in [4.78, 5) is 31.5. The number of pyridine rings is 1. The van der Waals surface area contributed by atoms with Gasteiger partial charge < -0.3 is 9.64 Å². The number of aromatic nitrogens is 1. The lowest BCUT2D eigenvalue weighted by Gasteiger charge is -2.20. The Morgan fingerprint density at radius 1 is 1.04 bits per heavy atom. The van der Waals surface area contributed by atoms with Crippen molar-refractivity contribution in [1.82, 2.24) is 9.88 Å². The zero-order valence-electron chi connectivity index (χ0n) is 14.3. The van der Waals surface area contributed by atoms with E-state index in [4.69, 9.17) is 9.72 Å². The molecule has 1 amide bonds. The molecule has 130 valence electrons. The maximum absolute atomic E-state index is 12.8. The third kappa shape index (κ3) is 3.11. The van der Waals surface area contributed by atoms with E-state index < -0.39 is 5.97 Å². The molecule has 1 fully saturated rings. The van der Waals surface area contributed by atoms with Crippen LogP contribution in [0.1, 0.15) is 47.3 Å². The molecule has 2 aromatic rings. The van der Waals surface area contributed by atoms with E-state index in [0.29, 0.717) is 5.56 Å². The maximum atomic E-state index is 12.8. The fourth-order valence-corrected chi connectivity index (χ4v) is 3.86. The molecule has 0 spiro atoms. The van der Waals surface area contributed by atoms with Crippen LogP contribution in [-0.4, -0.2) is 41.5 Å². The molecule has 0 unspecified atom stereocenters. The van der Waals surface area contributed by atoms with Gasteiger partial charge in [0.15, 0.2) is 6.61 Å². The van der Waals surface area contributed by atoms with Crippen molar-refractivity contribution >= 4 is 22.8 Å². The van der Waals surface area contributed by atoms with Crippen LogP contribution in [0.3, 0.4) is 0 Å². The molecule has 2 heterocycles. The molecule has 2 aliphatic rings. The average molecular weight is 338 g/mol. The number of hydrogen-bond donors (Lipinski definition) is 0. The number of aryl methyl sites for hydroxylation is 1. The Bertz CT molecular complexity index is 825. The number of esters is 1. The number of rotatable bonds is 3. The van der Waals surface area contributed by atoms with Gasteiger partial charge in [0.25, 0.3) is 5.91 Å². The predicted octanol–water partition coefficient (Wildman–Crippen LogP) is 2.89. The van der Waals surface area contributed by atoms with Crippen LogP contribution in [-0.2, 0) is 22.4 Å². The number of hydrogen-bond acceptors (Lipinski definition) is 4. The summed E-state index contributed by atoms with van der Waals surface area (Å²) >= 11 is 0. The maximum Gasteiger partial charge on any atom is 0.339 e. The van der Waals surface area contributed by atoms with Crippen LogP contribution in [0.5, 0.6) is 0 Å². The second kappa shape index (κ2) is 6.82. The van der Waals surface area contributed by atoms with E-state index in [-0.39, 0.29) is 12.5 Å². The van der Waals surface area contributed by atoms with E-state index >= 15 is 0 Å². The summed E-state index contributed by atoms with van der Waals surface area (Å²) in [7, 11) is 0. The second-order valence-corrected chi connectivity index (χ2v) is 6.80. The summed E-state index contributed by atoms with van der Waals surface area (Å²) in [6.07, 6.45) is 5.95. The highest BCUT2D eigenvalue weighted by Gasteiger charge is 2.25. The summed E-state index contributed by atoms with van der Waals surface area (Å²) in [5, 5.41) is 0.821. The Labute approximate surface area is 147 Å². The highest BCUT2D eigenvalue weighted by atomic mass is 16.5. The number of amides is 1. The highest BCUT2D eigenvalue weighted by molar-refractivity contribution is 6.05. The van der Waals surface area contributed by atoms with Gasteiger partial charge in [-0.1, -0.05) is 18.2 Å². The van der Waals surface area contributed by atoms with E-state index in [9.17, 15) is 9.59 Å². The van der Waals surface area contributed by atoms with Crippen molar-refractivity contribution in [3.63, 3.8) is 0 Å². The van der Waals surface area contributed by atoms with E-state index in [1.165, 1.54) is 0 Å². The van der Waals surface area contributed by atoms with Crippen molar-refractivity contribution in [2.75, 3.05) is 19.7 Å². The van der Waals surface area contributed by atoms with Crippen molar-refractivity contribution in [3.05, 3.63) is 41.1 Å². The summed E-state index contributed by atoms with van der Waals surface area (Å²) in [5.41, 5.74) is 3.43. The smallest absolute Gasteiger partial charge is 0.339 e. The first-order chi connectivity index (χ1) is 12.2. The molecule has 5 nitrogen and oxygen atoms in total. The summed E-state index contributed by atoms with van der Waals surface area (Å²) in [5.74, 6) is -0.498. The SMILES string of the molecule is O=C(OCC(=O)N1CCCC1)c1c2c(nc3ccccc13)CCCC2. The molecule has 0 N–H and O–H groups in total. The molecule has 1 aliphatic carbocycles. The molecule has 25 heavy (non-hydrogen) atoms. The molecule has 0 saturated carbocycles. The molecule has 1 saturated heterocycles. The normalized spacial score (nSPS) is 16.7. The molecular formula is C20H22N2O3. The second-order valence-electron chi connectivity index (χ2n) is 6.80. The molecule has 0 bridgehead atoms. The van der Waals surface area contributed by atoms with Crippen molar-refractivity contribution in [3.8, 4) is 0 Å². The monoisotopic (exact) mass is 338 g/mol. The first kappa shape index (κ1) is 16.1. The Balaban J connectivity index is 1.62. The summed E-state index contributed by atoms with van der Waals surface area (Å²) in [6, 6.07) is 7.68. The lowest BCUT2D eigenvalue weighted by Crippen LogP contribution is -2.32. The van der Waals surface area contributed by atoms with Crippen LogP contribution >= 0.6 is 0 Å². The lowest BCUT2D eigenvalue weighted by molar-refractivity contribution is -0.133. The van der Waals surface area contributed by atoms with Crippen LogP contribution in [0.25, 0.3) is 10.9 Å². The van der Waals surface area contributed by atoms with Gasteiger partial charge in [0.2, 0.25) is 0 Å². The number of ether oxygens (including phenoxy) is 1. The molecule has 0 radical (unpaired) electrons. The summed E-state index contributed by atoms with van der Waals surface area (Å²) in [6.45, 7) is 1.36. The van der Waals surface area contributed by atoms with Gasteiger partial charge in [0, 0.05) is 24.2 Å². The minimum Gasteiger partial charge on any atom is -0.452 e. The Morgan fingerprint density at radius 3 is 2.64 bits per heavy atom. The third-order valence-corrected chi connectivity index (χ3v) is 5.16. The first-order valence-electron chi connectivity index (χ1n) is 9.09.